The molecule has 4 nitrogen and oxygen atoms in total. The minimum Gasteiger partial charge on any atom is -0.455 e. The van der Waals surface area contributed by atoms with Gasteiger partial charge in [-0.1, -0.05) is 140 Å². The van der Waals surface area contributed by atoms with Gasteiger partial charge in [0.2, 0.25) is 0 Å². The van der Waals surface area contributed by atoms with E-state index in [0.717, 1.165) is 83.6 Å². The van der Waals surface area contributed by atoms with Crippen molar-refractivity contribution in [1.29, 1.82) is 0 Å². The molecule has 0 aliphatic carbocycles. The normalized spacial score (nSPS) is 11.4. The average Bonchev–Trinajstić information content (AvgIpc) is 3.92. The molecule has 12 aromatic rings. The molecular weight excluding hydrogens is 779 g/mol. The summed E-state index contributed by atoms with van der Waals surface area (Å²) in [6.07, 6.45) is 0. The fourth-order valence-corrected chi connectivity index (χ4v) is 9.36. The molecule has 0 amide bonds. The third kappa shape index (κ3) is 6.48. The van der Waals surface area contributed by atoms with Crippen molar-refractivity contribution < 1.29 is 4.42 Å². The van der Waals surface area contributed by atoms with Gasteiger partial charge in [0.25, 0.3) is 0 Å². The molecular formula is C60H41N3O. The van der Waals surface area contributed by atoms with Gasteiger partial charge in [0.15, 0.2) is 0 Å². The third-order valence-electron chi connectivity index (χ3n) is 12.4. The highest BCUT2D eigenvalue weighted by molar-refractivity contribution is 6.24. The summed E-state index contributed by atoms with van der Waals surface area (Å²) < 4.78 is 9.16. The zero-order chi connectivity index (χ0) is 42.4. The van der Waals surface area contributed by atoms with Gasteiger partial charge >= 0.3 is 0 Å². The van der Waals surface area contributed by atoms with Crippen LogP contribution in [0.5, 0.6) is 0 Å². The van der Waals surface area contributed by atoms with E-state index in [4.69, 9.17) is 4.42 Å². The van der Waals surface area contributed by atoms with Crippen molar-refractivity contribution in [3.8, 4) is 27.9 Å². The van der Waals surface area contributed by atoms with E-state index in [1.807, 2.05) is 6.07 Å². The first-order chi connectivity index (χ1) is 31.7. The summed E-state index contributed by atoms with van der Waals surface area (Å²) in [5, 5.41) is 4.44. The van der Waals surface area contributed by atoms with Crippen molar-refractivity contribution in [1.82, 2.24) is 4.57 Å². The highest BCUT2D eigenvalue weighted by Gasteiger charge is 2.22. The summed E-state index contributed by atoms with van der Waals surface area (Å²) >= 11 is 0. The molecule has 0 unspecified atom stereocenters. The second-order valence-corrected chi connectivity index (χ2v) is 16.2. The van der Waals surface area contributed by atoms with Crippen LogP contribution in [0.25, 0.3) is 71.7 Å². The maximum Gasteiger partial charge on any atom is 0.145 e. The van der Waals surface area contributed by atoms with Gasteiger partial charge < -0.3 is 18.8 Å². The van der Waals surface area contributed by atoms with Gasteiger partial charge in [-0.05, 0) is 131 Å². The Morgan fingerprint density at radius 2 is 0.719 bits per heavy atom. The Balaban J connectivity index is 1.02. The quantitative estimate of drug-likeness (QED) is 0.145. The number of rotatable bonds is 9. The Morgan fingerprint density at radius 1 is 0.297 bits per heavy atom. The van der Waals surface area contributed by atoms with Crippen LogP contribution in [0.1, 0.15) is 0 Å². The standard InChI is InChI=1S/C60H41N3O/c1-5-15-42(16-6-1)44-25-29-48(30-26-44)61(49-31-27-45(28-32-49)43-17-7-2-8-18-43)50-33-35-51(36-34-50)63-56-39-37-52(62(46-19-9-3-10-20-46)47-21-11-4-12-22-47)41-55(56)59-57(63)40-38-54-53-23-13-14-24-58(53)64-60(54)59/h1-41H. The maximum atomic E-state index is 6.78. The third-order valence-corrected chi connectivity index (χ3v) is 12.4. The van der Waals surface area contributed by atoms with Crippen molar-refractivity contribution >= 4 is 77.9 Å². The van der Waals surface area contributed by atoms with E-state index in [0.29, 0.717) is 0 Å². The van der Waals surface area contributed by atoms with E-state index in [1.165, 1.54) is 22.3 Å². The minimum absolute atomic E-state index is 0.885. The van der Waals surface area contributed by atoms with Gasteiger partial charge in [-0.3, -0.25) is 0 Å². The summed E-state index contributed by atoms with van der Waals surface area (Å²) in [5.41, 5.74) is 16.3. The molecule has 0 aliphatic rings. The molecule has 0 saturated heterocycles. The maximum absolute atomic E-state index is 6.78. The highest BCUT2D eigenvalue weighted by Crippen LogP contribution is 2.44. The molecule has 0 saturated carbocycles. The number of nitrogens with zero attached hydrogens (tertiary/aromatic N) is 3. The second kappa shape index (κ2) is 15.7. The van der Waals surface area contributed by atoms with E-state index >= 15 is 0 Å². The number of fused-ring (bicyclic) bond motifs is 7. The Hall–Kier alpha value is -8.60. The van der Waals surface area contributed by atoms with E-state index in [-0.39, 0.29) is 0 Å². The fraction of sp³-hybridized carbons (Fsp3) is 0. The van der Waals surface area contributed by atoms with Crippen molar-refractivity contribution in [2.75, 3.05) is 9.80 Å². The van der Waals surface area contributed by atoms with Crippen LogP contribution in [0.15, 0.2) is 253 Å². The Kier molecular flexibility index (Phi) is 9.12. The molecule has 0 radical (unpaired) electrons. The zero-order valence-electron chi connectivity index (χ0n) is 34.9. The molecule has 2 aromatic heterocycles. The molecule has 10 aromatic carbocycles. The Bertz CT molecular complexity index is 3440. The van der Waals surface area contributed by atoms with E-state index < -0.39 is 0 Å². The summed E-state index contributed by atoms with van der Waals surface area (Å²) in [6, 6.07) is 88.6. The van der Waals surface area contributed by atoms with E-state index in [2.05, 4.69) is 257 Å². The van der Waals surface area contributed by atoms with Gasteiger partial charge in [-0.15, -0.1) is 0 Å². The Labute approximate surface area is 371 Å². The van der Waals surface area contributed by atoms with Gasteiger partial charge in [0.05, 0.1) is 16.4 Å². The SMILES string of the molecule is c1ccc(-c2ccc(N(c3ccc(-c4ccccc4)cc3)c3ccc(-n4c5ccc(N(c6ccccc6)c6ccccc6)cc5c5c6oc7ccccc7c6ccc54)cc3)cc2)cc1. The van der Waals surface area contributed by atoms with Crippen molar-refractivity contribution in [3.05, 3.63) is 249 Å². The number of anilines is 6. The summed E-state index contributed by atoms with van der Waals surface area (Å²) in [7, 11) is 0. The molecule has 0 bridgehead atoms. The number of hydrogen-bond acceptors (Lipinski definition) is 3. The number of para-hydroxylation sites is 3. The van der Waals surface area contributed by atoms with Crippen LogP contribution in [0.2, 0.25) is 0 Å². The molecule has 12 rings (SSSR count). The van der Waals surface area contributed by atoms with E-state index in [1.54, 1.807) is 0 Å². The van der Waals surface area contributed by atoms with Crippen LogP contribution >= 0.6 is 0 Å². The van der Waals surface area contributed by atoms with Crippen LogP contribution in [-0.2, 0) is 0 Å². The van der Waals surface area contributed by atoms with Gasteiger partial charge in [0, 0.05) is 56.0 Å². The lowest BCUT2D eigenvalue weighted by Gasteiger charge is -2.26. The van der Waals surface area contributed by atoms with Crippen LogP contribution in [0.4, 0.5) is 34.1 Å². The smallest absolute Gasteiger partial charge is 0.145 e. The predicted molar refractivity (Wildman–Crippen MR) is 268 cm³/mol. The largest absolute Gasteiger partial charge is 0.455 e. The van der Waals surface area contributed by atoms with E-state index in [9.17, 15) is 0 Å². The number of hydrogen-bond donors (Lipinski definition) is 0. The first kappa shape index (κ1) is 37.2. The molecule has 0 spiro atoms. The molecule has 0 fully saturated rings. The highest BCUT2D eigenvalue weighted by atomic mass is 16.3. The van der Waals surface area contributed by atoms with Crippen LogP contribution in [-0.4, -0.2) is 4.57 Å². The van der Waals surface area contributed by atoms with Crippen molar-refractivity contribution in [3.63, 3.8) is 0 Å². The molecule has 0 aliphatic heterocycles. The number of furan rings is 1. The van der Waals surface area contributed by atoms with Gasteiger partial charge in [-0.2, -0.15) is 0 Å². The molecule has 4 heteroatoms. The molecule has 0 atom stereocenters. The topological polar surface area (TPSA) is 24.6 Å². The van der Waals surface area contributed by atoms with Crippen LogP contribution in [0.3, 0.4) is 0 Å². The summed E-state index contributed by atoms with van der Waals surface area (Å²) in [5.74, 6) is 0. The van der Waals surface area contributed by atoms with Crippen LogP contribution in [0, 0.1) is 0 Å². The Morgan fingerprint density at radius 3 is 1.28 bits per heavy atom. The first-order valence-electron chi connectivity index (χ1n) is 21.8. The molecule has 0 N–H and O–H groups in total. The molecule has 2 heterocycles. The summed E-state index contributed by atoms with van der Waals surface area (Å²) in [6.45, 7) is 0. The van der Waals surface area contributed by atoms with Gasteiger partial charge in [0.1, 0.15) is 11.2 Å². The van der Waals surface area contributed by atoms with Crippen LogP contribution < -0.4 is 9.80 Å². The average molecular weight is 820 g/mol. The first-order valence-corrected chi connectivity index (χ1v) is 21.8. The lowest BCUT2D eigenvalue weighted by atomic mass is 10.0. The number of aromatic nitrogens is 1. The summed E-state index contributed by atoms with van der Waals surface area (Å²) in [4.78, 5) is 4.66. The second-order valence-electron chi connectivity index (χ2n) is 16.2. The lowest BCUT2D eigenvalue weighted by molar-refractivity contribution is 0.673. The fourth-order valence-electron chi connectivity index (χ4n) is 9.36. The predicted octanol–water partition coefficient (Wildman–Crippen LogP) is 17.0. The van der Waals surface area contributed by atoms with Gasteiger partial charge in [-0.25, -0.2) is 0 Å². The van der Waals surface area contributed by atoms with Crippen molar-refractivity contribution in [2.45, 2.75) is 0 Å². The monoisotopic (exact) mass is 819 g/mol. The minimum atomic E-state index is 0.885. The molecule has 64 heavy (non-hydrogen) atoms. The number of benzene rings is 10. The lowest BCUT2D eigenvalue weighted by Crippen LogP contribution is -2.10. The zero-order valence-corrected chi connectivity index (χ0v) is 34.9. The molecule has 302 valence electrons. The van der Waals surface area contributed by atoms with Crippen molar-refractivity contribution in [2.24, 2.45) is 0 Å².